The zero-order chi connectivity index (χ0) is 14.6. The van der Waals surface area contributed by atoms with Crippen LogP contribution in [0.4, 0.5) is 5.69 Å². The van der Waals surface area contributed by atoms with Gasteiger partial charge in [0.15, 0.2) is 0 Å². The van der Waals surface area contributed by atoms with Crippen LogP contribution in [0.15, 0.2) is 18.2 Å². The van der Waals surface area contributed by atoms with Crippen molar-refractivity contribution in [1.29, 1.82) is 0 Å². The van der Waals surface area contributed by atoms with E-state index in [1.807, 2.05) is 0 Å². The number of rotatable bonds is 5. The van der Waals surface area contributed by atoms with Crippen molar-refractivity contribution in [3.63, 3.8) is 0 Å². The van der Waals surface area contributed by atoms with Gasteiger partial charge in [-0.15, -0.1) is 0 Å². The van der Waals surface area contributed by atoms with Gasteiger partial charge in [-0.25, -0.2) is 0 Å². The summed E-state index contributed by atoms with van der Waals surface area (Å²) in [5.74, 6) is 0. The summed E-state index contributed by atoms with van der Waals surface area (Å²) in [6, 6.07) is 6.36. The molecule has 1 unspecified atom stereocenters. The van der Waals surface area contributed by atoms with Gasteiger partial charge in [-0.1, -0.05) is 24.6 Å². The normalized spacial score (nSPS) is 23.1. The topological polar surface area (TPSA) is 24.5 Å². The van der Waals surface area contributed by atoms with Crippen LogP contribution in [0, 0.1) is 0 Å². The minimum atomic E-state index is -0.0655. The molecule has 4 heteroatoms. The summed E-state index contributed by atoms with van der Waals surface area (Å²) >= 11 is 6.47. The van der Waals surface area contributed by atoms with Crippen LogP contribution in [0.1, 0.15) is 32.3 Å². The fourth-order valence-corrected chi connectivity index (χ4v) is 3.09. The molecule has 0 aliphatic carbocycles. The number of nitrogens with zero attached hydrogens (tertiary/aromatic N) is 1. The Morgan fingerprint density at radius 3 is 2.90 bits per heavy atom. The van der Waals surface area contributed by atoms with Crippen LogP contribution in [-0.4, -0.2) is 32.3 Å². The molecule has 0 saturated carbocycles. The molecule has 1 saturated heterocycles. The summed E-state index contributed by atoms with van der Waals surface area (Å²) in [6.45, 7) is 8.06. The smallest absolute Gasteiger partial charge is 0.0825 e. The molecule has 3 nitrogen and oxygen atoms in total. The van der Waals surface area contributed by atoms with Crippen LogP contribution >= 0.6 is 11.6 Å². The molecule has 1 aliphatic heterocycles. The molecule has 1 atom stereocenters. The average Bonchev–Trinajstić information content (AvgIpc) is 2.45. The maximum atomic E-state index is 6.47. The van der Waals surface area contributed by atoms with Gasteiger partial charge < -0.3 is 15.0 Å². The number of halogens is 1. The molecule has 0 radical (unpaired) electrons. The van der Waals surface area contributed by atoms with Gasteiger partial charge in [0.05, 0.1) is 16.3 Å². The molecule has 20 heavy (non-hydrogen) atoms. The van der Waals surface area contributed by atoms with Crippen LogP contribution in [0.5, 0.6) is 0 Å². The van der Waals surface area contributed by atoms with Crippen LogP contribution in [0.2, 0.25) is 5.02 Å². The molecule has 0 aromatic heterocycles. The van der Waals surface area contributed by atoms with Crippen molar-refractivity contribution in [2.24, 2.45) is 0 Å². The molecule has 0 spiro atoms. The molecular formula is C16H25ClN2O. The van der Waals surface area contributed by atoms with Gasteiger partial charge in [0.25, 0.3) is 0 Å². The third kappa shape index (κ3) is 3.66. The van der Waals surface area contributed by atoms with Crippen molar-refractivity contribution in [2.75, 3.05) is 31.6 Å². The highest BCUT2D eigenvalue weighted by Gasteiger charge is 2.31. The van der Waals surface area contributed by atoms with E-state index < -0.39 is 0 Å². The number of hydrogen-bond acceptors (Lipinski definition) is 3. The first-order valence-corrected chi connectivity index (χ1v) is 7.75. The highest BCUT2D eigenvalue weighted by Crippen LogP contribution is 2.33. The van der Waals surface area contributed by atoms with E-state index >= 15 is 0 Å². The number of anilines is 1. The maximum Gasteiger partial charge on any atom is 0.0825 e. The number of hydrogen-bond donors (Lipinski definition) is 1. The lowest BCUT2D eigenvalue weighted by molar-refractivity contribution is -0.00464. The van der Waals surface area contributed by atoms with Crippen LogP contribution in [-0.2, 0) is 11.3 Å². The van der Waals surface area contributed by atoms with Crippen LogP contribution < -0.4 is 10.2 Å². The Morgan fingerprint density at radius 2 is 2.25 bits per heavy atom. The van der Waals surface area contributed by atoms with Crippen molar-refractivity contribution >= 4 is 17.3 Å². The number of methoxy groups -OCH3 is 1. The van der Waals surface area contributed by atoms with Gasteiger partial charge in [0.2, 0.25) is 0 Å². The van der Waals surface area contributed by atoms with Crippen molar-refractivity contribution in [3.05, 3.63) is 28.8 Å². The molecule has 1 aromatic rings. The van der Waals surface area contributed by atoms with Gasteiger partial charge in [-0.3, -0.25) is 0 Å². The zero-order valence-electron chi connectivity index (χ0n) is 12.7. The number of ether oxygens (including phenoxy) is 1. The Balaban J connectivity index is 2.12. The highest BCUT2D eigenvalue weighted by atomic mass is 35.5. The van der Waals surface area contributed by atoms with E-state index in [1.54, 1.807) is 7.11 Å². The molecule has 1 fully saturated rings. The summed E-state index contributed by atoms with van der Waals surface area (Å²) in [5, 5.41) is 4.15. The maximum absolute atomic E-state index is 6.47. The van der Waals surface area contributed by atoms with E-state index in [0.717, 1.165) is 49.7 Å². The number of nitrogens with one attached hydrogen (secondary N) is 1. The number of benzene rings is 1. The van der Waals surface area contributed by atoms with E-state index in [1.165, 1.54) is 5.56 Å². The van der Waals surface area contributed by atoms with E-state index in [0.29, 0.717) is 0 Å². The third-order valence-electron chi connectivity index (χ3n) is 4.08. The molecule has 1 N–H and O–H groups in total. The second-order valence-corrected chi connectivity index (χ2v) is 6.15. The van der Waals surface area contributed by atoms with Gasteiger partial charge in [0.1, 0.15) is 0 Å². The van der Waals surface area contributed by atoms with Crippen LogP contribution in [0.3, 0.4) is 0 Å². The monoisotopic (exact) mass is 296 g/mol. The first-order valence-electron chi connectivity index (χ1n) is 7.37. The first-order chi connectivity index (χ1) is 9.58. The molecule has 2 rings (SSSR count). The van der Waals surface area contributed by atoms with Crippen molar-refractivity contribution in [3.8, 4) is 0 Å². The molecule has 1 heterocycles. The Kier molecular flexibility index (Phi) is 5.30. The minimum Gasteiger partial charge on any atom is -0.377 e. The average molecular weight is 297 g/mol. The Morgan fingerprint density at radius 1 is 1.45 bits per heavy atom. The lowest BCUT2D eigenvalue weighted by Gasteiger charge is -2.41. The van der Waals surface area contributed by atoms with E-state index in [9.17, 15) is 0 Å². The fraction of sp³-hybridized carbons (Fsp3) is 0.625. The standard InChI is InChI=1S/C16H25ClN2O/c1-4-18-11-13-6-7-15(14(17)10-13)19-9-5-8-16(2,12-19)20-3/h6-7,10,18H,4-5,8-9,11-12H2,1-3H3. The summed E-state index contributed by atoms with van der Waals surface area (Å²) in [5.41, 5.74) is 2.28. The SMILES string of the molecule is CCNCc1ccc(N2CCCC(C)(OC)C2)c(Cl)c1. The van der Waals surface area contributed by atoms with Gasteiger partial charge >= 0.3 is 0 Å². The zero-order valence-corrected chi connectivity index (χ0v) is 13.5. The first kappa shape index (κ1) is 15.6. The Bertz CT molecular complexity index is 452. The summed E-state index contributed by atoms with van der Waals surface area (Å²) in [7, 11) is 1.80. The van der Waals surface area contributed by atoms with Gasteiger partial charge in [-0.05, 0) is 44.0 Å². The van der Waals surface area contributed by atoms with Crippen molar-refractivity contribution in [2.45, 2.75) is 38.8 Å². The molecule has 112 valence electrons. The van der Waals surface area contributed by atoms with Gasteiger partial charge in [-0.2, -0.15) is 0 Å². The molecule has 1 aliphatic rings. The van der Waals surface area contributed by atoms with Crippen molar-refractivity contribution < 1.29 is 4.74 Å². The molecule has 0 amide bonds. The van der Waals surface area contributed by atoms with Crippen molar-refractivity contribution in [1.82, 2.24) is 5.32 Å². The minimum absolute atomic E-state index is 0.0655. The summed E-state index contributed by atoms with van der Waals surface area (Å²) < 4.78 is 5.65. The second kappa shape index (κ2) is 6.79. The lowest BCUT2D eigenvalue weighted by atomic mass is 9.94. The largest absolute Gasteiger partial charge is 0.377 e. The molecule has 1 aromatic carbocycles. The Labute approximate surface area is 127 Å². The Hall–Kier alpha value is -0.770. The fourth-order valence-electron chi connectivity index (χ4n) is 2.76. The lowest BCUT2D eigenvalue weighted by Crippen LogP contribution is -2.47. The predicted molar refractivity (Wildman–Crippen MR) is 85.7 cm³/mol. The number of piperidine rings is 1. The van der Waals surface area contributed by atoms with Gasteiger partial charge in [0, 0.05) is 26.7 Å². The predicted octanol–water partition coefficient (Wildman–Crippen LogP) is 3.45. The van der Waals surface area contributed by atoms with E-state index in [-0.39, 0.29) is 5.60 Å². The highest BCUT2D eigenvalue weighted by molar-refractivity contribution is 6.33. The quantitative estimate of drug-likeness (QED) is 0.900. The van der Waals surface area contributed by atoms with E-state index in [4.69, 9.17) is 16.3 Å². The summed E-state index contributed by atoms with van der Waals surface area (Å²) in [6.07, 6.45) is 2.25. The van der Waals surface area contributed by atoms with Crippen LogP contribution in [0.25, 0.3) is 0 Å². The molecule has 0 bridgehead atoms. The third-order valence-corrected chi connectivity index (χ3v) is 4.39. The summed E-state index contributed by atoms with van der Waals surface area (Å²) in [4.78, 5) is 2.34. The second-order valence-electron chi connectivity index (χ2n) is 5.75. The van der Waals surface area contributed by atoms with E-state index in [2.05, 4.69) is 42.3 Å². The molecular weight excluding hydrogens is 272 g/mol.